The van der Waals surface area contributed by atoms with Crippen molar-refractivity contribution in [2.75, 3.05) is 20.2 Å². The highest BCUT2D eigenvalue weighted by atomic mass is 19.1. The molecule has 0 heterocycles. The highest BCUT2D eigenvalue weighted by molar-refractivity contribution is 5.92. The van der Waals surface area contributed by atoms with E-state index in [1.54, 1.807) is 23.1 Å². The van der Waals surface area contributed by atoms with Crippen LogP contribution in [0.4, 0.5) is 4.39 Å². The summed E-state index contributed by atoms with van der Waals surface area (Å²) in [4.78, 5) is 25.0. The first-order valence-corrected chi connectivity index (χ1v) is 7.36. The first-order chi connectivity index (χ1) is 10.6. The molecule has 4 nitrogen and oxygen atoms in total. The van der Waals surface area contributed by atoms with Crippen LogP contribution in [0.2, 0.25) is 0 Å². The van der Waals surface area contributed by atoms with Crippen molar-refractivity contribution in [1.82, 2.24) is 4.90 Å². The molecule has 0 aliphatic heterocycles. The molecule has 0 aromatic heterocycles. The molecule has 0 saturated heterocycles. The van der Waals surface area contributed by atoms with Crippen LogP contribution in [0.3, 0.4) is 0 Å². The molecule has 22 heavy (non-hydrogen) atoms. The Morgan fingerprint density at radius 2 is 1.91 bits per heavy atom. The van der Waals surface area contributed by atoms with E-state index in [0.717, 1.165) is 18.4 Å². The molecule has 1 rings (SSSR count). The van der Waals surface area contributed by atoms with Crippen molar-refractivity contribution >= 4 is 18.0 Å². The number of amides is 1. The van der Waals surface area contributed by atoms with Crippen molar-refractivity contribution in [2.45, 2.75) is 26.2 Å². The van der Waals surface area contributed by atoms with Gasteiger partial charge in [0.25, 0.3) is 0 Å². The maximum atomic E-state index is 12.8. The van der Waals surface area contributed by atoms with Gasteiger partial charge in [0.1, 0.15) is 5.82 Å². The Hall–Kier alpha value is -2.17. The minimum Gasteiger partial charge on any atom is -0.469 e. The average Bonchev–Trinajstić information content (AvgIpc) is 2.53. The van der Waals surface area contributed by atoms with Crippen molar-refractivity contribution in [3.05, 3.63) is 41.7 Å². The summed E-state index contributed by atoms with van der Waals surface area (Å²) in [6.07, 6.45) is 5.09. The Balaban J connectivity index is 2.64. The largest absolute Gasteiger partial charge is 0.469 e. The zero-order valence-electron chi connectivity index (χ0n) is 13.0. The van der Waals surface area contributed by atoms with E-state index in [2.05, 4.69) is 4.74 Å². The van der Waals surface area contributed by atoms with Gasteiger partial charge in [0.2, 0.25) is 5.91 Å². The van der Waals surface area contributed by atoms with Gasteiger partial charge in [-0.25, -0.2) is 4.39 Å². The lowest BCUT2D eigenvalue weighted by Gasteiger charge is -2.20. The number of unbranched alkanes of at least 4 members (excludes halogenated alkanes) is 1. The predicted octanol–water partition coefficient (Wildman–Crippen LogP) is 3.03. The summed E-state index contributed by atoms with van der Waals surface area (Å²) in [5.41, 5.74) is 0.748. The fourth-order valence-corrected chi connectivity index (χ4v) is 1.86. The van der Waals surface area contributed by atoms with Gasteiger partial charge in [-0.1, -0.05) is 25.5 Å². The monoisotopic (exact) mass is 307 g/mol. The smallest absolute Gasteiger partial charge is 0.307 e. The summed E-state index contributed by atoms with van der Waals surface area (Å²) in [6.45, 7) is 2.97. The number of carbonyl (C=O) groups excluding carboxylic acids is 2. The molecular weight excluding hydrogens is 285 g/mol. The minimum absolute atomic E-state index is 0.165. The van der Waals surface area contributed by atoms with Gasteiger partial charge in [0.05, 0.1) is 13.5 Å². The topological polar surface area (TPSA) is 46.6 Å². The number of carbonyl (C=O) groups is 2. The number of esters is 1. The number of rotatable bonds is 8. The summed E-state index contributed by atoms with van der Waals surface area (Å²) in [5.74, 6) is -0.815. The zero-order chi connectivity index (χ0) is 16.4. The summed E-state index contributed by atoms with van der Waals surface area (Å²) in [6, 6.07) is 5.89. The normalized spacial score (nSPS) is 10.7. The molecule has 0 unspecified atom stereocenters. The second kappa shape index (κ2) is 9.71. The molecule has 1 amide bonds. The first-order valence-electron chi connectivity index (χ1n) is 7.36. The zero-order valence-corrected chi connectivity index (χ0v) is 13.0. The molecule has 0 radical (unpaired) electrons. The van der Waals surface area contributed by atoms with Crippen LogP contribution in [0.15, 0.2) is 30.3 Å². The van der Waals surface area contributed by atoms with Crippen LogP contribution < -0.4 is 0 Å². The minimum atomic E-state index is -0.336. The predicted molar refractivity (Wildman–Crippen MR) is 83.6 cm³/mol. The van der Waals surface area contributed by atoms with Crippen molar-refractivity contribution in [3.8, 4) is 0 Å². The van der Waals surface area contributed by atoms with Crippen LogP contribution in [-0.2, 0) is 14.3 Å². The number of methoxy groups -OCH3 is 1. The maximum Gasteiger partial charge on any atom is 0.307 e. The molecule has 0 bridgehead atoms. The lowest BCUT2D eigenvalue weighted by atomic mass is 10.2. The summed E-state index contributed by atoms with van der Waals surface area (Å²) in [5, 5.41) is 0. The Bertz CT molecular complexity index is 511. The third kappa shape index (κ3) is 6.52. The lowest BCUT2D eigenvalue weighted by molar-refractivity contribution is -0.141. The number of ether oxygens (including phenoxy) is 1. The van der Waals surface area contributed by atoms with Crippen LogP contribution in [0.5, 0.6) is 0 Å². The van der Waals surface area contributed by atoms with Crippen molar-refractivity contribution in [2.24, 2.45) is 0 Å². The van der Waals surface area contributed by atoms with E-state index in [1.165, 1.54) is 25.3 Å². The van der Waals surface area contributed by atoms with Crippen LogP contribution in [-0.4, -0.2) is 37.0 Å². The summed E-state index contributed by atoms with van der Waals surface area (Å²) < 4.78 is 17.4. The van der Waals surface area contributed by atoms with E-state index in [4.69, 9.17) is 0 Å². The second-order valence-corrected chi connectivity index (χ2v) is 4.89. The van der Waals surface area contributed by atoms with Crippen LogP contribution in [0, 0.1) is 5.82 Å². The van der Waals surface area contributed by atoms with Gasteiger partial charge in [-0.3, -0.25) is 9.59 Å². The number of halogens is 1. The molecule has 0 spiro atoms. The molecule has 1 aromatic carbocycles. The van der Waals surface area contributed by atoms with Gasteiger partial charge in [0, 0.05) is 19.2 Å². The van der Waals surface area contributed by atoms with Crippen molar-refractivity contribution < 1.29 is 18.7 Å². The summed E-state index contributed by atoms with van der Waals surface area (Å²) in [7, 11) is 1.33. The van der Waals surface area contributed by atoms with E-state index in [1.807, 2.05) is 6.92 Å². The molecule has 1 aromatic rings. The molecule has 0 aliphatic rings. The Morgan fingerprint density at radius 1 is 1.23 bits per heavy atom. The molecule has 5 heteroatoms. The molecule has 0 N–H and O–H groups in total. The third-order valence-corrected chi connectivity index (χ3v) is 3.20. The molecule has 0 saturated carbocycles. The second-order valence-electron chi connectivity index (χ2n) is 4.89. The summed E-state index contributed by atoms with van der Waals surface area (Å²) >= 11 is 0. The van der Waals surface area contributed by atoms with E-state index in [9.17, 15) is 14.0 Å². The Labute approximate surface area is 130 Å². The first kappa shape index (κ1) is 17.9. The van der Waals surface area contributed by atoms with Gasteiger partial charge in [-0.15, -0.1) is 0 Å². The van der Waals surface area contributed by atoms with Gasteiger partial charge < -0.3 is 9.64 Å². The Morgan fingerprint density at radius 3 is 2.50 bits per heavy atom. The number of benzene rings is 1. The van der Waals surface area contributed by atoms with E-state index < -0.39 is 0 Å². The highest BCUT2D eigenvalue weighted by Crippen LogP contribution is 2.06. The van der Waals surface area contributed by atoms with Crippen LogP contribution >= 0.6 is 0 Å². The third-order valence-electron chi connectivity index (χ3n) is 3.20. The fourth-order valence-electron chi connectivity index (χ4n) is 1.86. The van der Waals surface area contributed by atoms with E-state index in [0.29, 0.717) is 13.1 Å². The average molecular weight is 307 g/mol. The molecule has 120 valence electrons. The number of hydrogen-bond donors (Lipinski definition) is 0. The standard InChI is InChI=1S/C17H22FNO3/c1-3-4-12-19(13-11-17(21)22-2)16(20)10-7-14-5-8-15(18)9-6-14/h5-10H,3-4,11-13H2,1-2H3/b10-7+. The SMILES string of the molecule is CCCCN(CCC(=O)OC)C(=O)/C=C/c1ccc(F)cc1. The van der Waals surface area contributed by atoms with Crippen LogP contribution in [0.1, 0.15) is 31.7 Å². The number of hydrogen-bond acceptors (Lipinski definition) is 3. The quantitative estimate of drug-likeness (QED) is 0.548. The molecule has 0 fully saturated rings. The van der Waals surface area contributed by atoms with Gasteiger partial charge in [-0.2, -0.15) is 0 Å². The van der Waals surface area contributed by atoms with Gasteiger partial charge >= 0.3 is 5.97 Å². The van der Waals surface area contributed by atoms with E-state index >= 15 is 0 Å². The fraction of sp³-hybridized carbons (Fsp3) is 0.412. The number of nitrogens with zero attached hydrogens (tertiary/aromatic N) is 1. The van der Waals surface area contributed by atoms with Crippen LogP contribution in [0.25, 0.3) is 6.08 Å². The van der Waals surface area contributed by atoms with Gasteiger partial charge in [0.15, 0.2) is 0 Å². The molecular formula is C17H22FNO3. The molecule has 0 atom stereocenters. The van der Waals surface area contributed by atoms with Gasteiger partial charge in [-0.05, 0) is 30.2 Å². The Kier molecular flexibility index (Phi) is 7.89. The molecule has 0 aliphatic carbocycles. The maximum absolute atomic E-state index is 12.8. The van der Waals surface area contributed by atoms with Crippen molar-refractivity contribution in [1.29, 1.82) is 0 Å². The lowest BCUT2D eigenvalue weighted by Crippen LogP contribution is -2.32. The highest BCUT2D eigenvalue weighted by Gasteiger charge is 2.12. The van der Waals surface area contributed by atoms with Crippen molar-refractivity contribution in [3.63, 3.8) is 0 Å². The van der Waals surface area contributed by atoms with E-state index in [-0.39, 0.29) is 24.1 Å².